The second-order valence-electron chi connectivity index (χ2n) is 6.78. The minimum absolute atomic E-state index is 0.0402. The molecule has 1 fully saturated rings. The van der Waals surface area contributed by atoms with Crippen molar-refractivity contribution >= 4 is 0 Å². The van der Waals surface area contributed by atoms with Crippen LogP contribution in [0.3, 0.4) is 0 Å². The molecule has 24 heavy (non-hydrogen) atoms. The molecule has 0 aromatic carbocycles. The lowest BCUT2D eigenvalue weighted by atomic mass is 9.97. The van der Waals surface area contributed by atoms with Gasteiger partial charge in [0, 0.05) is 24.5 Å². The lowest BCUT2D eigenvalue weighted by Gasteiger charge is -2.24. The maximum Gasteiger partial charge on any atom is 0.267 e. The number of likely N-dealkylation sites (tertiary alicyclic amines) is 1. The molecule has 1 atom stereocenters. The first-order valence-electron chi connectivity index (χ1n) is 8.89. The van der Waals surface area contributed by atoms with E-state index in [4.69, 9.17) is 0 Å². The molecule has 1 aliphatic heterocycles. The van der Waals surface area contributed by atoms with Gasteiger partial charge >= 0.3 is 0 Å². The van der Waals surface area contributed by atoms with E-state index < -0.39 is 0 Å². The van der Waals surface area contributed by atoms with Crippen LogP contribution < -0.4 is 5.56 Å². The van der Waals surface area contributed by atoms with Crippen LogP contribution in [0.15, 0.2) is 29.3 Å². The van der Waals surface area contributed by atoms with Crippen molar-refractivity contribution in [2.75, 3.05) is 6.54 Å². The summed E-state index contributed by atoms with van der Waals surface area (Å²) >= 11 is 0. The molecule has 2 aromatic heterocycles. The molecule has 0 spiro atoms. The Morgan fingerprint density at radius 2 is 1.96 bits per heavy atom. The van der Waals surface area contributed by atoms with Gasteiger partial charge in [-0.3, -0.25) is 9.69 Å². The average Bonchev–Trinajstić information content (AvgIpc) is 3.03. The molecule has 6 nitrogen and oxygen atoms in total. The van der Waals surface area contributed by atoms with E-state index in [2.05, 4.69) is 20.0 Å². The molecular formula is C18H23N5O. The van der Waals surface area contributed by atoms with Crippen LogP contribution in [-0.2, 0) is 25.9 Å². The first kappa shape index (κ1) is 15.4. The zero-order valence-corrected chi connectivity index (χ0v) is 13.9. The highest BCUT2D eigenvalue weighted by molar-refractivity contribution is 5.20. The van der Waals surface area contributed by atoms with Gasteiger partial charge in [0.15, 0.2) is 0 Å². The molecule has 0 N–H and O–H groups in total. The first-order chi connectivity index (χ1) is 11.8. The lowest BCUT2D eigenvalue weighted by Crippen LogP contribution is -2.37. The average molecular weight is 325 g/mol. The predicted octanol–water partition coefficient (Wildman–Crippen LogP) is 1.58. The standard InChI is InChI=1S/C18H23N5O/c24-18-11-14-5-1-2-7-16(14)21-23(18)12-15-6-3-10-22(15)13-17-19-8-4-9-20-17/h4,8-9,11,15H,1-3,5-7,10,12-13H2. The molecule has 1 aliphatic carbocycles. The highest BCUT2D eigenvalue weighted by Gasteiger charge is 2.26. The fraction of sp³-hybridized carbons (Fsp3) is 0.556. The molecule has 2 aromatic rings. The number of aryl methyl sites for hydroxylation is 2. The number of rotatable bonds is 4. The molecule has 0 radical (unpaired) electrons. The van der Waals surface area contributed by atoms with Crippen LogP contribution in [0.25, 0.3) is 0 Å². The first-order valence-corrected chi connectivity index (χ1v) is 8.89. The summed E-state index contributed by atoms with van der Waals surface area (Å²) in [6, 6.07) is 3.98. The molecule has 0 amide bonds. The SMILES string of the molecule is O=c1cc2c(nn1CC1CCCN1Cc1ncccn1)CCCC2. The zero-order valence-electron chi connectivity index (χ0n) is 13.9. The Morgan fingerprint density at radius 3 is 2.83 bits per heavy atom. The summed E-state index contributed by atoms with van der Waals surface area (Å²) in [6.45, 7) is 2.44. The Morgan fingerprint density at radius 1 is 1.12 bits per heavy atom. The topological polar surface area (TPSA) is 63.9 Å². The van der Waals surface area contributed by atoms with Gasteiger partial charge in [-0.2, -0.15) is 5.10 Å². The van der Waals surface area contributed by atoms with E-state index in [0.717, 1.165) is 55.9 Å². The summed E-state index contributed by atoms with van der Waals surface area (Å²) in [4.78, 5) is 23.4. The number of hydrogen-bond donors (Lipinski definition) is 0. The van der Waals surface area contributed by atoms with Crippen molar-refractivity contribution in [1.82, 2.24) is 24.6 Å². The maximum absolute atomic E-state index is 12.4. The quantitative estimate of drug-likeness (QED) is 0.854. The normalized spacial score (nSPS) is 20.9. The van der Waals surface area contributed by atoms with Crippen molar-refractivity contribution < 1.29 is 0 Å². The minimum Gasteiger partial charge on any atom is -0.291 e. The van der Waals surface area contributed by atoms with E-state index in [1.54, 1.807) is 23.1 Å². The van der Waals surface area contributed by atoms with Gasteiger partial charge < -0.3 is 0 Å². The third-order valence-corrected chi connectivity index (χ3v) is 5.12. The fourth-order valence-electron chi connectivity index (χ4n) is 3.83. The molecule has 4 rings (SSSR count). The summed E-state index contributed by atoms with van der Waals surface area (Å²) < 4.78 is 1.68. The van der Waals surface area contributed by atoms with Gasteiger partial charge in [0.25, 0.3) is 5.56 Å². The van der Waals surface area contributed by atoms with Gasteiger partial charge in [0.05, 0.1) is 18.8 Å². The van der Waals surface area contributed by atoms with Crippen LogP contribution in [-0.4, -0.2) is 37.2 Å². The zero-order chi connectivity index (χ0) is 16.4. The van der Waals surface area contributed by atoms with Crippen LogP contribution in [0.2, 0.25) is 0 Å². The second-order valence-corrected chi connectivity index (χ2v) is 6.78. The van der Waals surface area contributed by atoms with Crippen molar-refractivity contribution in [2.45, 2.75) is 57.7 Å². The van der Waals surface area contributed by atoms with Crippen LogP contribution in [0.4, 0.5) is 0 Å². The maximum atomic E-state index is 12.4. The third kappa shape index (κ3) is 3.24. The third-order valence-electron chi connectivity index (χ3n) is 5.12. The summed E-state index contributed by atoms with van der Waals surface area (Å²) in [5.74, 6) is 0.843. The Hall–Kier alpha value is -2.08. The van der Waals surface area contributed by atoms with Crippen LogP contribution in [0.1, 0.15) is 42.8 Å². The summed E-state index contributed by atoms with van der Waals surface area (Å²) in [5, 5.41) is 4.66. The number of aromatic nitrogens is 4. The van der Waals surface area contributed by atoms with Gasteiger partial charge in [0.2, 0.25) is 0 Å². The predicted molar refractivity (Wildman–Crippen MR) is 90.6 cm³/mol. The summed E-state index contributed by atoms with van der Waals surface area (Å²) in [5.41, 5.74) is 2.32. The monoisotopic (exact) mass is 325 g/mol. The van der Waals surface area contributed by atoms with Crippen LogP contribution in [0, 0.1) is 0 Å². The van der Waals surface area contributed by atoms with Gasteiger partial charge in [-0.05, 0) is 56.7 Å². The van der Waals surface area contributed by atoms with Gasteiger partial charge in [0.1, 0.15) is 5.82 Å². The van der Waals surface area contributed by atoms with E-state index in [1.807, 2.05) is 6.07 Å². The Bertz CT molecular complexity index is 758. The molecule has 3 heterocycles. The molecule has 126 valence electrons. The van der Waals surface area contributed by atoms with Crippen LogP contribution in [0.5, 0.6) is 0 Å². The molecule has 1 unspecified atom stereocenters. The Kier molecular flexibility index (Phi) is 4.38. The Labute approximate surface area is 141 Å². The fourth-order valence-corrected chi connectivity index (χ4v) is 3.83. The largest absolute Gasteiger partial charge is 0.291 e. The lowest BCUT2D eigenvalue weighted by molar-refractivity contribution is 0.211. The van der Waals surface area contributed by atoms with E-state index >= 15 is 0 Å². The molecular weight excluding hydrogens is 302 g/mol. The second kappa shape index (κ2) is 6.81. The molecule has 1 saturated heterocycles. The van der Waals surface area contributed by atoms with E-state index in [0.29, 0.717) is 12.6 Å². The molecule has 0 bridgehead atoms. The van der Waals surface area contributed by atoms with Gasteiger partial charge in [-0.15, -0.1) is 0 Å². The number of fused-ring (bicyclic) bond motifs is 1. The van der Waals surface area contributed by atoms with E-state index in [1.165, 1.54) is 12.8 Å². The molecule has 2 aliphatic rings. The van der Waals surface area contributed by atoms with Gasteiger partial charge in [-0.1, -0.05) is 0 Å². The number of hydrogen-bond acceptors (Lipinski definition) is 5. The van der Waals surface area contributed by atoms with Crippen molar-refractivity contribution in [3.63, 3.8) is 0 Å². The van der Waals surface area contributed by atoms with Crippen molar-refractivity contribution in [1.29, 1.82) is 0 Å². The smallest absolute Gasteiger partial charge is 0.267 e. The highest BCUT2D eigenvalue weighted by atomic mass is 16.1. The van der Waals surface area contributed by atoms with E-state index in [-0.39, 0.29) is 5.56 Å². The summed E-state index contributed by atoms with van der Waals surface area (Å²) in [6.07, 6.45) is 10.2. The Balaban J connectivity index is 1.51. The van der Waals surface area contributed by atoms with Crippen molar-refractivity contribution in [3.05, 3.63) is 52.0 Å². The van der Waals surface area contributed by atoms with Crippen molar-refractivity contribution in [3.8, 4) is 0 Å². The molecule has 6 heteroatoms. The van der Waals surface area contributed by atoms with Crippen LogP contribution >= 0.6 is 0 Å². The summed E-state index contributed by atoms with van der Waals surface area (Å²) in [7, 11) is 0. The van der Waals surface area contributed by atoms with Gasteiger partial charge in [-0.25, -0.2) is 14.6 Å². The van der Waals surface area contributed by atoms with Crippen molar-refractivity contribution in [2.24, 2.45) is 0 Å². The highest BCUT2D eigenvalue weighted by Crippen LogP contribution is 2.21. The van der Waals surface area contributed by atoms with E-state index in [9.17, 15) is 4.79 Å². The molecule has 0 saturated carbocycles. The minimum atomic E-state index is 0.0402. The number of nitrogens with zero attached hydrogens (tertiary/aromatic N) is 5.